The molecule has 1 saturated heterocycles. The van der Waals surface area contributed by atoms with Gasteiger partial charge < -0.3 is 19.9 Å². The highest BCUT2D eigenvalue weighted by Gasteiger charge is 2.35. The van der Waals surface area contributed by atoms with E-state index in [1.807, 2.05) is 39.2 Å². The van der Waals surface area contributed by atoms with Gasteiger partial charge in [0.25, 0.3) is 0 Å². The summed E-state index contributed by atoms with van der Waals surface area (Å²) in [6.45, 7) is 7.74. The van der Waals surface area contributed by atoms with Crippen LogP contribution in [0.3, 0.4) is 0 Å². The van der Waals surface area contributed by atoms with Gasteiger partial charge in [-0.3, -0.25) is 5.41 Å². The predicted molar refractivity (Wildman–Crippen MR) is 149 cm³/mol. The molecule has 0 spiro atoms. The normalized spacial score (nSPS) is 17.9. The molecule has 2 aromatic rings. The van der Waals surface area contributed by atoms with Crippen molar-refractivity contribution in [2.24, 2.45) is 0 Å². The molecule has 0 radical (unpaired) electrons. The number of methoxy groups -OCH3 is 1. The number of nitrogens with one attached hydrogen (secondary N) is 2. The first-order chi connectivity index (χ1) is 18.0. The molecule has 0 saturated carbocycles. The molecular weight excluding hydrogens is 489 g/mol. The third kappa shape index (κ3) is 5.90. The van der Waals surface area contributed by atoms with Crippen LogP contribution in [-0.2, 0) is 12.6 Å². The molecule has 1 fully saturated rings. The van der Waals surface area contributed by atoms with Crippen molar-refractivity contribution in [2.75, 3.05) is 44.5 Å². The summed E-state index contributed by atoms with van der Waals surface area (Å²) in [5, 5.41) is 12.0. The number of ether oxygens (including phenoxy) is 1. The average molecular weight is 527 g/mol. The van der Waals surface area contributed by atoms with Gasteiger partial charge in [-0.25, -0.2) is 0 Å². The number of likely N-dealkylation sites (N-methyl/N-ethyl adjacent to an activating group) is 1. The third-order valence-corrected chi connectivity index (χ3v) is 7.64. The summed E-state index contributed by atoms with van der Waals surface area (Å²) >= 11 is 0. The maximum Gasteiger partial charge on any atom is 0.418 e. The van der Waals surface area contributed by atoms with Crippen molar-refractivity contribution in [3.63, 3.8) is 0 Å². The van der Waals surface area contributed by atoms with Crippen LogP contribution in [0.5, 0.6) is 5.75 Å². The van der Waals surface area contributed by atoms with Crippen LogP contribution in [0.1, 0.15) is 49.3 Å². The SMILES string of the molecule is C=C(Nc1cc(N2CCC(N(C)C)C2)ccc1C(F)(F)F)C1=C(C(=N)c2cc(CC)cc(OC)c2)CCC1. The van der Waals surface area contributed by atoms with Crippen molar-refractivity contribution in [3.8, 4) is 5.75 Å². The molecule has 1 aliphatic carbocycles. The minimum atomic E-state index is -4.50. The molecule has 0 amide bonds. The Balaban J connectivity index is 1.64. The smallest absolute Gasteiger partial charge is 0.418 e. The van der Waals surface area contributed by atoms with Crippen molar-refractivity contribution in [1.82, 2.24) is 4.90 Å². The number of hydrogen-bond donors (Lipinski definition) is 2. The summed E-state index contributed by atoms with van der Waals surface area (Å²) in [6, 6.07) is 10.4. The lowest BCUT2D eigenvalue weighted by Crippen LogP contribution is -2.31. The third-order valence-electron chi connectivity index (χ3n) is 7.64. The van der Waals surface area contributed by atoms with Crippen molar-refractivity contribution in [1.29, 1.82) is 5.41 Å². The van der Waals surface area contributed by atoms with Crippen LogP contribution < -0.4 is 15.0 Å². The van der Waals surface area contributed by atoms with Crippen molar-refractivity contribution < 1.29 is 17.9 Å². The number of anilines is 2. The Bertz CT molecular complexity index is 1230. The van der Waals surface area contributed by atoms with E-state index in [-0.39, 0.29) is 5.69 Å². The van der Waals surface area contributed by atoms with Crippen LogP contribution in [0.25, 0.3) is 0 Å². The molecule has 0 bridgehead atoms. The lowest BCUT2D eigenvalue weighted by Gasteiger charge is -2.24. The number of hydrogen-bond acceptors (Lipinski definition) is 5. The van der Waals surface area contributed by atoms with E-state index in [0.29, 0.717) is 36.0 Å². The van der Waals surface area contributed by atoms with Gasteiger partial charge in [0.15, 0.2) is 0 Å². The molecule has 1 aliphatic heterocycles. The Morgan fingerprint density at radius 2 is 1.89 bits per heavy atom. The monoisotopic (exact) mass is 526 g/mol. The van der Waals surface area contributed by atoms with E-state index in [1.54, 1.807) is 19.2 Å². The first-order valence-electron chi connectivity index (χ1n) is 13.1. The number of nitrogens with zero attached hydrogens (tertiary/aromatic N) is 2. The van der Waals surface area contributed by atoms with Gasteiger partial charge in [-0.2, -0.15) is 13.2 Å². The molecule has 204 valence electrons. The quantitative estimate of drug-likeness (QED) is 0.350. The molecule has 1 atom stereocenters. The summed E-state index contributed by atoms with van der Waals surface area (Å²) in [7, 11) is 5.65. The lowest BCUT2D eigenvalue weighted by atomic mass is 9.96. The van der Waals surface area contributed by atoms with E-state index in [4.69, 9.17) is 10.1 Å². The molecule has 1 unspecified atom stereocenters. The Morgan fingerprint density at radius 1 is 1.16 bits per heavy atom. The molecule has 8 heteroatoms. The number of benzene rings is 2. The van der Waals surface area contributed by atoms with Crippen LogP contribution in [0.4, 0.5) is 24.5 Å². The zero-order valence-electron chi connectivity index (χ0n) is 22.6. The van der Waals surface area contributed by atoms with Gasteiger partial charge in [0, 0.05) is 36.1 Å². The first-order valence-corrected chi connectivity index (χ1v) is 13.1. The van der Waals surface area contributed by atoms with Crippen molar-refractivity contribution >= 4 is 17.1 Å². The summed E-state index contributed by atoms with van der Waals surface area (Å²) in [4.78, 5) is 4.28. The molecule has 2 aromatic carbocycles. The summed E-state index contributed by atoms with van der Waals surface area (Å²) < 4.78 is 47.3. The second kappa shape index (κ2) is 11.2. The van der Waals surface area contributed by atoms with Gasteiger partial charge in [0.1, 0.15) is 5.75 Å². The van der Waals surface area contributed by atoms with Crippen LogP contribution in [-0.4, -0.2) is 50.9 Å². The molecule has 5 nitrogen and oxygen atoms in total. The maximum absolute atomic E-state index is 14.0. The Labute approximate surface area is 223 Å². The molecule has 2 aliphatic rings. The van der Waals surface area contributed by atoms with Gasteiger partial charge in [-0.1, -0.05) is 13.5 Å². The van der Waals surface area contributed by atoms with E-state index in [0.717, 1.165) is 66.4 Å². The molecule has 4 rings (SSSR count). The van der Waals surface area contributed by atoms with E-state index >= 15 is 0 Å². The van der Waals surface area contributed by atoms with Crippen molar-refractivity contribution in [2.45, 2.75) is 51.2 Å². The fourth-order valence-corrected chi connectivity index (χ4v) is 5.37. The summed E-state index contributed by atoms with van der Waals surface area (Å²) in [6.07, 6.45) is -0.573. The maximum atomic E-state index is 14.0. The number of alkyl halides is 3. The standard InChI is InChI=1S/C30H37F3N4O/c1-6-20-14-21(16-24(15-20)38-5)29(34)26-9-7-8-25(26)19(2)35-28-17-22(10-11-27(28)30(31,32)33)37-13-12-23(18-37)36(3)4/h10-11,14-17,23,34-35H,2,6-9,12-13,18H2,1,3-5H3. The van der Waals surface area contributed by atoms with Gasteiger partial charge in [-0.05, 0) is 99.3 Å². The van der Waals surface area contributed by atoms with Gasteiger partial charge >= 0.3 is 6.18 Å². The fraction of sp³-hybridized carbons (Fsp3) is 0.433. The number of rotatable bonds is 9. The molecular formula is C30H37F3N4O. The van der Waals surface area contributed by atoms with Gasteiger partial charge in [0.05, 0.1) is 24.1 Å². The van der Waals surface area contributed by atoms with Crippen LogP contribution >= 0.6 is 0 Å². The predicted octanol–water partition coefficient (Wildman–Crippen LogP) is 6.89. The molecule has 38 heavy (non-hydrogen) atoms. The highest BCUT2D eigenvalue weighted by atomic mass is 19.4. The zero-order chi connectivity index (χ0) is 27.6. The van der Waals surface area contributed by atoms with Gasteiger partial charge in [0.2, 0.25) is 0 Å². The van der Waals surface area contributed by atoms with E-state index in [1.165, 1.54) is 0 Å². The Morgan fingerprint density at radius 3 is 2.53 bits per heavy atom. The fourth-order valence-electron chi connectivity index (χ4n) is 5.37. The second-order valence-corrected chi connectivity index (χ2v) is 10.3. The summed E-state index contributed by atoms with van der Waals surface area (Å²) in [5.74, 6) is 0.686. The minimum absolute atomic E-state index is 0.00627. The number of allylic oxidation sites excluding steroid dienone is 2. The van der Waals surface area contributed by atoms with Crippen LogP contribution in [0, 0.1) is 5.41 Å². The summed E-state index contributed by atoms with van der Waals surface area (Å²) in [5.41, 5.74) is 4.24. The highest BCUT2D eigenvalue weighted by Crippen LogP contribution is 2.40. The highest BCUT2D eigenvalue weighted by molar-refractivity contribution is 6.12. The molecule has 0 aromatic heterocycles. The van der Waals surface area contributed by atoms with Gasteiger partial charge in [-0.15, -0.1) is 0 Å². The first kappa shape index (κ1) is 27.8. The van der Waals surface area contributed by atoms with Crippen LogP contribution in [0.15, 0.2) is 59.8 Å². The van der Waals surface area contributed by atoms with Crippen LogP contribution in [0.2, 0.25) is 0 Å². The zero-order valence-corrected chi connectivity index (χ0v) is 22.6. The molecule has 1 heterocycles. The Hall–Kier alpha value is -3.26. The topological polar surface area (TPSA) is 51.6 Å². The number of aryl methyl sites for hydroxylation is 1. The van der Waals surface area contributed by atoms with E-state index < -0.39 is 11.7 Å². The Kier molecular flexibility index (Phi) is 8.21. The van der Waals surface area contributed by atoms with Crippen molar-refractivity contribution in [3.05, 3.63) is 76.5 Å². The minimum Gasteiger partial charge on any atom is -0.497 e. The molecule has 2 N–H and O–H groups in total. The largest absolute Gasteiger partial charge is 0.497 e. The lowest BCUT2D eigenvalue weighted by molar-refractivity contribution is -0.136. The van der Waals surface area contributed by atoms with E-state index in [9.17, 15) is 13.2 Å². The van der Waals surface area contributed by atoms with E-state index in [2.05, 4.69) is 21.7 Å². The second-order valence-electron chi connectivity index (χ2n) is 10.3. The number of halogens is 3. The average Bonchev–Trinajstić information content (AvgIpc) is 3.58.